The van der Waals surface area contributed by atoms with E-state index in [1.165, 1.54) is 30.4 Å². The molecule has 0 saturated heterocycles. The second-order valence-corrected chi connectivity index (χ2v) is 8.13. The molecule has 0 amide bonds. The van der Waals surface area contributed by atoms with Crippen LogP contribution in [-0.4, -0.2) is 26.7 Å². The number of hydrogen-bond acceptors (Lipinski definition) is 5. The van der Waals surface area contributed by atoms with E-state index in [1.807, 2.05) is 45.9 Å². The van der Waals surface area contributed by atoms with E-state index in [-0.39, 0.29) is 22.8 Å². The largest absolute Gasteiger partial charge is 0.508 e. The van der Waals surface area contributed by atoms with Crippen LogP contribution in [0.4, 0.5) is 0 Å². The predicted molar refractivity (Wildman–Crippen MR) is 118 cm³/mol. The fraction of sp³-hybridized carbons (Fsp3) is 0.240. The molecule has 3 rings (SSSR count). The predicted octanol–water partition coefficient (Wildman–Crippen LogP) is 5.39. The first kappa shape index (κ1) is 21.2. The zero-order valence-corrected chi connectivity index (χ0v) is 17.6. The number of carbonyl (C=O) groups is 1. The Morgan fingerprint density at radius 3 is 2.53 bits per heavy atom. The molecule has 0 aliphatic carbocycles. The van der Waals surface area contributed by atoms with Crippen LogP contribution in [0.5, 0.6) is 23.0 Å². The molecule has 0 aromatic heterocycles. The lowest BCUT2D eigenvalue weighted by atomic mass is 9.93. The number of ketones is 1. The molecule has 0 unspecified atom stereocenters. The summed E-state index contributed by atoms with van der Waals surface area (Å²) in [5, 5.41) is 30.2. The van der Waals surface area contributed by atoms with Gasteiger partial charge in [0.1, 0.15) is 28.6 Å². The van der Waals surface area contributed by atoms with Gasteiger partial charge in [-0.3, -0.25) is 4.79 Å². The third kappa shape index (κ3) is 4.57. The highest BCUT2D eigenvalue weighted by Gasteiger charge is 2.28. The number of hydrogen-bond donors (Lipinski definition) is 3. The van der Waals surface area contributed by atoms with Crippen LogP contribution in [0.15, 0.2) is 48.1 Å². The van der Waals surface area contributed by atoms with Gasteiger partial charge >= 0.3 is 0 Å². The van der Waals surface area contributed by atoms with Gasteiger partial charge in [-0.25, -0.2) is 0 Å². The number of phenolic OH excluding ortho intramolecular Hbond substituents is 3. The monoisotopic (exact) mass is 406 g/mol. The van der Waals surface area contributed by atoms with E-state index < -0.39 is 11.4 Å². The maximum absolute atomic E-state index is 12.9. The molecule has 2 aromatic carbocycles. The van der Waals surface area contributed by atoms with Crippen molar-refractivity contribution in [2.45, 2.75) is 39.7 Å². The van der Waals surface area contributed by atoms with Crippen LogP contribution in [0, 0.1) is 0 Å². The van der Waals surface area contributed by atoms with Crippen molar-refractivity contribution in [1.82, 2.24) is 0 Å². The summed E-state index contributed by atoms with van der Waals surface area (Å²) in [5.74, 6) is -0.144. The van der Waals surface area contributed by atoms with Gasteiger partial charge in [0.05, 0.1) is 5.56 Å². The number of rotatable bonds is 5. The third-order valence-electron chi connectivity index (χ3n) is 4.81. The van der Waals surface area contributed by atoms with Gasteiger partial charge < -0.3 is 20.1 Å². The number of phenols is 3. The third-order valence-corrected chi connectivity index (χ3v) is 4.81. The molecule has 3 N–H and O–H groups in total. The smallest absolute Gasteiger partial charge is 0.189 e. The molecule has 5 heteroatoms. The van der Waals surface area contributed by atoms with E-state index in [2.05, 4.69) is 0 Å². The number of aromatic hydroxyl groups is 3. The van der Waals surface area contributed by atoms with Crippen LogP contribution in [0.3, 0.4) is 0 Å². The van der Waals surface area contributed by atoms with E-state index in [9.17, 15) is 20.1 Å². The second-order valence-electron chi connectivity index (χ2n) is 8.13. The molecule has 0 atom stereocenters. The number of fused-ring (bicyclic) bond motifs is 1. The molecule has 156 valence electrons. The van der Waals surface area contributed by atoms with Crippen molar-refractivity contribution < 1.29 is 24.9 Å². The van der Waals surface area contributed by atoms with Gasteiger partial charge in [-0.05, 0) is 70.5 Å². The van der Waals surface area contributed by atoms with Gasteiger partial charge in [-0.1, -0.05) is 17.7 Å². The molecule has 0 saturated carbocycles. The number of ether oxygens (including phenoxy) is 1. The lowest BCUT2D eigenvalue weighted by Gasteiger charge is -2.30. The average molecular weight is 406 g/mol. The van der Waals surface area contributed by atoms with Gasteiger partial charge in [-0.2, -0.15) is 0 Å². The zero-order valence-electron chi connectivity index (χ0n) is 17.6. The first-order valence-electron chi connectivity index (χ1n) is 9.72. The van der Waals surface area contributed by atoms with Crippen molar-refractivity contribution in [3.8, 4) is 23.0 Å². The van der Waals surface area contributed by atoms with Gasteiger partial charge in [-0.15, -0.1) is 0 Å². The Bertz CT molecular complexity index is 1080. The van der Waals surface area contributed by atoms with E-state index in [4.69, 9.17) is 4.74 Å². The molecular weight excluding hydrogens is 380 g/mol. The molecular formula is C25H26O5. The minimum Gasteiger partial charge on any atom is -0.508 e. The molecule has 1 heterocycles. The van der Waals surface area contributed by atoms with Gasteiger partial charge in [0, 0.05) is 22.8 Å². The van der Waals surface area contributed by atoms with Crippen molar-refractivity contribution in [2.24, 2.45) is 0 Å². The Morgan fingerprint density at radius 1 is 1.13 bits per heavy atom. The maximum atomic E-state index is 12.9. The molecule has 5 nitrogen and oxygen atoms in total. The molecule has 0 bridgehead atoms. The first-order valence-corrected chi connectivity index (χ1v) is 9.72. The molecule has 0 spiro atoms. The fourth-order valence-corrected chi connectivity index (χ4v) is 3.18. The summed E-state index contributed by atoms with van der Waals surface area (Å²) in [5.41, 5.74) is 2.42. The summed E-state index contributed by atoms with van der Waals surface area (Å²) in [6.45, 7) is 7.80. The van der Waals surface area contributed by atoms with Crippen LogP contribution >= 0.6 is 0 Å². The van der Waals surface area contributed by atoms with Crippen LogP contribution in [0.1, 0.15) is 54.7 Å². The summed E-state index contributed by atoms with van der Waals surface area (Å²) < 4.78 is 6.09. The molecule has 0 fully saturated rings. The Kier molecular flexibility index (Phi) is 5.74. The number of benzene rings is 2. The van der Waals surface area contributed by atoms with E-state index in [0.717, 1.165) is 11.1 Å². The zero-order chi connectivity index (χ0) is 22.1. The summed E-state index contributed by atoms with van der Waals surface area (Å²) in [7, 11) is 0. The standard InChI is InChI=1S/C25H26O5/c1-15(2)5-9-19-23(29)20(13-17-11-12-25(3,4)30-24(17)19)21(27)10-7-16-6-8-18(26)14-22(16)28/h5-8,10-14,26,28-29H,9H2,1-4H3. The van der Waals surface area contributed by atoms with Gasteiger partial charge in [0.25, 0.3) is 0 Å². The lowest BCUT2D eigenvalue weighted by Crippen LogP contribution is -2.28. The molecule has 1 aliphatic rings. The summed E-state index contributed by atoms with van der Waals surface area (Å²) in [4.78, 5) is 12.9. The van der Waals surface area contributed by atoms with Crippen molar-refractivity contribution in [3.05, 3.63) is 70.3 Å². The van der Waals surface area contributed by atoms with Crippen molar-refractivity contribution in [2.75, 3.05) is 0 Å². The number of carbonyl (C=O) groups excluding carboxylic acids is 1. The molecule has 2 aromatic rings. The van der Waals surface area contributed by atoms with Crippen molar-refractivity contribution in [1.29, 1.82) is 0 Å². The SMILES string of the molecule is CC(C)=CCc1c(O)c(C(=O)C=Cc2ccc(O)cc2O)cc2c1OC(C)(C)C=C2. The first-order chi connectivity index (χ1) is 14.1. The molecule has 0 radical (unpaired) electrons. The Labute approximate surface area is 176 Å². The minimum atomic E-state index is -0.513. The lowest BCUT2D eigenvalue weighted by molar-refractivity contribution is 0.104. The van der Waals surface area contributed by atoms with Crippen LogP contribution in [-0.2, 0) is 6.42 Å². The highest BCUT2D eigenvalue weighted by Crippen LogP contribution is 2.41. The summed E-state index contributed by atoms with van der Waals surface area (Å²) in [6.07, 6.45) is 8.95. The average Bonchev–Trinajstić information content (AvgIpc) is 2.65. The molecule has 1 aliphatic heterocycles. The highest BCUT2D eigenvalue weighted by molar-refractivity contribution is 6.09. The normalized spacial score (nSPS) is 14.3. The Balaban J connectivity index is 2.04. The Hall–Kier alpha value is -3.47. The number of allylic oxidation sites excluding steroid dienone is 3. The summed E-state index contributed by atoms with van der Waals surface area (Å²) in [6, 6.07) is 5.73. The van der Waals surface area contributed by atoms with Gasteiger partial charge in [0.15, 0.2) is 5.78 Å². The highest BCUT2D eigenvalue weighted by atomic mass is 16.5. The van der Waals surface area contributed by atoms with Crippen LogP contribution in [0.2, 0.25) is 0 Å². The van der Waals surface area contributed by atoms with E-state index in [0.29, 0.717) is 23.3 Å². The Morgan fingerprint density at radius 2 is 1.87 bits per heavy atom. The quantitative estimate of drug-likeness (QED) is 0.352. The van der Waals surface area contributed by atoms with Crippen LogP contribution in [0.25, 0.3) is 12.2 Å². The minimum absolute atomic E-state index is 0.0677. The van der Waals surface area contributed by atoms with Crippen molar-refractivity contribution in [3.63, 3.8) is 0 Å². The summed E-state index contributed by atoms with van der Waals surface area (Å²) >= 11 is 0. The maximum Gasteiger partial charge on any atom is 0.189 e. The van der Waals surface area contributed by atoms with E-state index >= 15 is 0 Å². The van der Waals surface area contributed by atoms with Gasteiger partial charge in [0.2, 0.25) is 0 Å². The second kappa shape index (κ2) is 8.11. The fourth-order valence-electron chi connectivity index (χ4n) is 3.18. The van der Waals surface area contributed by atoms with E-state index in [1.54, 1.807) is 6.07 Å². The van der Waals surface area contributed by atoms with Crippen molar-refractivity contribution >= 4 is 17.9 Å². The molecule has 30 heavy (non-hydrogen) atoms. The topological polar surface area (TPSA) is 87.0 Å². The van der Waals surface area contributed by atoms with Crippen LogP contribution < -0.4 is 4.74 Å².